The van der Waals surface area contributed by atoms with Crippen LogP contribution in [0.15, 0.2) is 29.4 Å². The van der Waals surface area contributed by atoms with Gasteiger partial charge in [0.15, 0.2) is 0 Å². The lowest BCUT2D eigenvalue weighted by Crippen LogP contribution is -2.34. The molecule has 0 saturated carbocycles. The van der Waals surface area contributed by atoms with E-state index in [0.29, 0.717) is 12.1 Å². The van der Waals surface area contributed by atoms with Gasteiger partial charge < -0.3 is 16.3 Å². The van der Waals surface area contributed by atoms with E-state index in [1.165, 1.54) is 0 Å². The van der Waals surface area contributed by atoms with Crippen LogP contribution in [0.4, 0.5) is 0 Å². The van der Waals surface area contributed by atoms with E-state index >= 15 is 0 Å². The highest BCUT2D eigenvalue weighted by molar-refractivity contribution is 5.94. The number of nitrogens with one attached hydrogen (secondary N) is 1. The molecule has 5 nitrogen and oxygen atoms in total. The third kappa shape index (κ3) is 3.79. The molecule has 0 spiro atoms. The number of hydrogen-bond acceptors (Lipinski definition) is 3. The van der Waals surface area contributed by atoms with Crippen LogP contribution in [-0.2, 0) is 0 Å². The van der Waals surface area contributed by atoms with Crippen LogP contribution in [0, 0.1) is 12.8 Å². The number of rotatable bonds is 4. The fourth-order valence-electron chi connectivity index (χ4n) is 1.34. The predicted molar refractivity (Wildman–Crippen MR) is 66.1 cm³/mol. The molecule has 0 bridgehead atoms. The first-order chi connectivity index (χ1) is 8.04. The highest BCUT2D eigenvalue weighted by atomic mass is 16.4. The third-order valence-corrected chi connectivity index (χ3v) is 2.47. The summed E-state index contributed by atoms with van der Waals surface area (Å²) in [6.45, 7) is 4.03. The van der Waals surface area contributed by atoms with Crippen LogP contribution in [0.3, 0.4) is 0 Å². The molecule has 4 N–H and O–H groups in total. The zero-order valence-corrected chi connectivity index (χ0v) is 9.97. The Kier molecular flexibility index (Phi) is 4.51. The summed E-state index contributed by atoms with van der Waals surface area (Å²) in [6, 6.07) is 7.31. The minimum Gasteiger partial charge on any atom is -0.409 e. The minimum absolute atomic E-state index is 0.106. The largest absolute Gasteiger partial charge is 0.409 e. The lowest BCUT2D eigenvalue weighted by Gasteiger charge is -2.11. The highest BCUT2D eigenvalue weighted by Gasteiger charge is 2.10. The standard InChI is InChI=1S/C12H17N3O2/c1-8-4-3-5-10(6-8)12(16)14-7-9(2)11(13)15-17/h3-6,9,17H,7H2,1-2H3,(H2,13,15)(H,14,16). The van der Waals surface area contributed by atoms with Gasteiger partial charge in [-0.25, -0.2) is 0 Å². The molecule has 0 aliphatic rings. The molecule has 0 fully saturated rings. The number of nitrogens with two attached hydrogens (primary N) is 1. The predicted octanol–water partition coefficient (Wildman–Crippen LogP) is 1.11. The molecule has 92 valence electrons. The van der Waals surface area contributed by atoms with Gasteiger partial charge in [-0.05, 0) is 19.1 Å². The summed E-state index contributed by atoms with van der Waals surface area (Å²) in [4.78, 5) is 11.8. The van der Waals surface area contributed by atoms with Gasteiger partial charge in [0.1, 0.15) is 5.84 Å². The molecule has 5 heteroatoms. The van der Waals surface area contributed by atoms with E-state index in [-0.39, 0.29) is 17.7 Å². The van der Waals surface area contributed by atoms with E-state index in [1.807, 2.05) is 25.1 Å². The first-order valence-corrected chi connectivity index (χ1v) is 5.37. The monoisotopic (exact) mass is 235 g/mol. The van der Waals surface area contributed by atoms with Crippen LogP contribution in [0.25, 0.3) is 0 Å². The fraction of sp³-hybridized carbons (Fsp3) is 0.333. The van der Waals surface area contributed by atoms with Gasteiger partial charge in [0.05, 0.1) is 0 Å². The summed E-state index contributed by atoms with van der Waals surface area (Å²) in [5, 5.41) is 14.1. The van der Waals surface area contributed by atoms with Crippen molar-refractivity contribution in [3.05, 3.63) is 35.4 Å². The molecule has 1 unspecified atom stereocenters. The molecule has 0 aliphatic heterocycles. The van der Waals surface area contributed by atoms with Crippen LogP contribution in [-0.4, -0.2) is 23.5 Å². The quantitative estimate of drug-likeness (QED) is 0.316. The number of carbonyl (C=O) groups is 1. The van der Waals surface area contributed by atoms with E-state index in [0.717, 1.165) is 5.56 Å². The number of carbonyl (C=O) groups excluding carboxylic acids is 1. The molecule has 1 aromatic carbocycles. The third-order valence-electron chi connectivity index (χ3n) is 2.47. The summed E-state index contributed by atoms with van der Waals surface area (Å²) in [7, 11) is 0. The van der Waals surface area contributed by atoms with Gasteiger partial charge in [0, 0.05) is 18.0 Å². The summed E-state index contributed by atoms with van der Waals surface area (Å²) in [5.41, 5.74) is 7.05. The number of aryl methyl sites for hydroxylation is 1. The fourth-order valence-corrected chi connectivity index (χ4v) is 1.34. The van der Waals surface area contributed by atoms with Crippen molar-refractivity contribution in [2.24, 2.45) is 16.8 Å². The van der Waals surface area contributed by atoms with Gasteiger partial charge >= 0.3 is 0 Å². The Morgan fingerprint density at radius 2 is 2.29 bits per heavy atom. The maximum absolute atomic E-state index is 11.8. The molecule has 0 heterocycles. The van der Waals surface area contributed by atoms with E-state index < -0.39 is 0 Å². The van der Waals surface area contributed by atoms with Crippen molar-refractivity contribution in [3.8, 4) is 0 Å². The molecule has 17 heavy (non-hydrogen) atoms. The lowest BCUT2D eigenvalue weighted by atomic mass is 10.1. The Morgan fingerprint density at radius 3 is 2.88 bits per heavy atom. The summed E-state index contributed by atoms with van der Waals surface area (Å²) in [6.07, 6.45) is 0. The first-order valence-electron chi connectivity index (χ1n) is 5.37. The van der Waals surface area contributed by atoms with Crippen molar-refractivity contribution in [1.82, 2.24) is 5.32 Å². The zero-order chi connectivity index (χ0) is 12.8. The Bertz CT molecular complexity index is 430. The molecule has 1 amide bonds. The smallest absolute Gasteiger partial charge is 0.251 e. The summed E-state index contributed by atoms with van der Waals surface area (Å²) < 4.78 is 0. The maximum Gasteiger partial charge on any atom is 0.251 e. The van der Waals surface area contributed by atoms with E-state index in [4.69, 9.17) is 10.9 Å². The van der Waals surface area contributed by atoms with E-state index in [9.17, 15) is 4.79 Å². The second kappa shape index (κ2) is 5.89. The molecular formula is C12H17N3O2. The normalized spacial score (nSPS) is 13.2. The Hall–Kier alpha value is -2.04. The van der Waals surface area contributed by atoms with Crippen molar-refractivity contribution >= 4 is 11.7 Å². The summed E-state index contributed by atoms with van der Waals surface area (Å²) in [5.74, 6) is -0.255. The Labute approximate surface area is 100 Å². The van der Waals surface area contributed by atoms with Crippen LogP contribution >= 0.6 is 0 Å². The van der Waals surface area contributed by atoms with E-state index in [1.54, 1.807) is 13.0 Å². The molecule has 0 aromatic heterocycles. The number of hydrogen-bond donors (Lipinski definition) is 3. The van der Waals surface area contributed by atoms with Crippen LogP contribution in [0.1, 0.15) is 22.8 Å². The van der Waals surface area contributed by atoms with Gasteiger partial charge in [-0.1, -0.05) is 29.8 Å². The number of oxime groups is 1. The van der Waals surface area contributed by atoms with Crippen molar-refractivity contribution in [3.63, 3.8) is 0 Å². The average molecular weight is 235 g/mol. The van der Waals surface area contributed by atoms with Crippen molar-refractivity contribution in [2.45, 2.75) is 13.8 Å². The second-order valence-corrected chi connectivity index (χ2v) is 4.01. The topological polar surface area (TPSA) is 87.7 Å². The SMILES string of the molecule is Cc1cccc(C(=O)NCC(C)C(N)=NO)c1. The van der Waals surface area contributed by atoms with Crippen molar-refractivity contribution in [2.75, 3.05) is 6.54 Å². The molecule has 1 rings (SSSR count). The molecule has 1 atom stereocenters. The molecule has 1 aromatic rings. The maximum atomic E-state index is 11.8. The van der Waals surface area contributed by atoms with Crippen molar-refractivity contribution in [1.29, 1.82) is 0 Å². The van der Waals surface area contributed by atoms with E-state index in [2.05, 4.69) is 10.5 Å². The van der Waals surface area contributed by atoms with Crippen LogP contribution < -0.4 is 11.1 Å². The van der Waals surface area contributed by atoms with Gasteiger partial charge in [-0.15, -0.1) is 0 Å². The van der Waals surface area contributed by atoms with Crippen molar-refractivity contribution < 1.29 is 10.0 Å². The second-order valence-electron chi connectivity index (χ2n) is 4.01. The number of nitrogens with zero attached hydrogens (tertiary/aromatic N) is 1. The average Bonchev–Trinajstić information content (AvgIpc) is 2.34. The lowest BCUT2D eigenvalue weighted by molar-refractivity contribution is 0.0951. The Balaban J connectivity index is 2.56. The van der Waals surface area contributed by atoms with Gasteiger partial charge in [0.25, 0.3) is 5.91 Å². The highest BCUT2D eigenvalue weighted by Crippen LogP contribution is 2.04. The van der Waals surface area contributed by atoms with Crippen LogP contribution in [0.5, 0.6) is 0 Å². The van der Waals surface area contributed by atoms with Crippen LogP contribution in [0.2, 0.25) is 0 Å². The molecule has 0 radical (unpaired) electrons. The van der Waals surface area contributed by atoms with Gasteiger partial charge in [-0.3, -0.25) is 4.79 Å². The molecule has 0 aliphatic carbocycles. The van der Waals surface area contributed by atoms with Gasteiger partial charge in [-0.2, -0.15) is 0 Å². The number of amides is 1. The minimum atomic E-state index is -0.200. The zero-order valence-electron chi connectivity index (χ0n) is 9.97. The summed E-state index contributed by atoms with van der Waals surface area (Å²) >= 11 is 0. The first kappa shape index (κ1) is 13.0. The Morgan fingerprint density at radius 1 is 1.59 bits per heavy atom. The number of amidine groups is 1. The van der Waals surface area contributed by atoms with Gasteiger partial charge in [0.2, 0.25) is 0 Å². The molecular weight excluding hydrogens is 218 g/mol. The molecule has 0 saturated heterocycles. The number of benzene rings is 1.